The van der Waals surface area contributed by atoms with E-state index in [0.29, 0.717) is 12.0 Å². The van der Waals surface area contributed by atoms with Crippen LogP contribution in [0, 0.1) is 13.8 Å². The number of aromatic nitrogens is 5. The molecule has 0 bridgehead atoms. The third-order valence-corrected chi connectivity index (χ3v) is 6.58. The van der Waals surface area contributed by atoms with Crippen LogP contribution in [-0.2, 0) is 13.1 Å². The first-order valence-electron chi connectivity index (χ1n) is 10.4. The summed E-state index contributed by atoms with van der Waals surface area (Å²) in [4.78, 5) is 2.27. The van der Waals surface area contributed by atoms with Gasteiger partial charge < -0.3 is 0 Å². The van der Waals surface area contributed by atoms with E-state index in [0.717, 1.165) is 61.1 Å². The molecule has 5 rings (SSSR count). The van der Waals surface area contributed by atoms with E-state index < -0.39 is 0 Å². The van der Waals surface area contributed by atoms with Crippen LogP contribution >= 0.6 is 11.6 Å². The van der Waals surface area contributed by atoms with Crippen molar-refractivity contribution in [3.8, 4) is 5.69 Å². The molecule has 7 heteroatoms. The number of hydrogen-bond donors (Lipinski definition) is 0. The van der Waals surface area contributed by atoms with Gasteiger partial charge in [0.15, 0.2) is 5.82 Å². The SMILES string of the molecule is Cc1cc(C)n([C@H]2CC[C@H](c3nnc4n3-c3ccc(Cl)cc3CN(C)C4)CC2)n1. The van der Waals surface area contributed by atoms with Crippen molar-refractivity contribution < 1.29 is 0 Å². The van der Waals surface area contributed by atoms with Gasteiger partial charge in [0.05, 0.1) is 24.0 Å². The number of hydrogen-bond acceptors (Lipinski definition) is 4. The van der Waals surface area contributed by atoms with Crippen molar-refractivity contribution in [1.82, 2.24) is 29.4 Å². The summed E-state index contributed by atoms with van der Waals surface area (Å²) in [5.41, 5.74) is 4.77. The van der Waals surface area contributed by atoms with E-state index in [1.807, 2.05) is 6.07 Å². The second kappa shape index (κ2) is 7.26. The number of benzene rings is 1. The van der Waals surface area contributed by atoms with E-state index in [1.165, 1.54) is 16.9 Å². The maximum Gasteiger partial charge on any atom is 0.151 e. The van der Waals surface area contributed by atoms with Gasteiger partial charge in [0.2, 0.25) is 0 Å². The molecule has 152 valence electrons. The van der Waals surface area contributed by atoms with Crippen LogP contribution in [-0.4, -0.2) is 36.5 Å². The lowest BCUT2D eigenvalue weighted by atomic mass is 9.85. The zero-order chi connectivity index (χ0) is 20.1. The molecule has 3 heterocycles. The molecule has 0 saturated heterocycles. The Balaban J connectivity index is 1.45. The first-order valence-corrected chi connectivity index (χ1v) is 10.8. The highest BCUT2D eigenvalue weighted by Crippen LogP contribution is 2.39. The predicted molar refractivity (Wildman–Crippen MR) is 113 cm³/mol. The zero-order valence-electron chi connectivity index (χ0n) is 17.3. The Hall–Kier alpha value is -2.18. The van der Waals surface area contributed by atoms with E-state index in [4.69, 9.17) is 16.7 Å². The first-order chi connectivity index (χ1) is 14.0. The zero-order valence-corrected chi connectivity index (χ0v) is 18.0. The van der Waals surface area contributed by atoms with Crippen LogP contribution in [0.4, 0.5) is 0 Å². The molecular formula is C22H27ClN6. The number of fused-ring (bicyclic) bond motifs is 3. The maximum absolute atomic E-state index is 6.29. The van der Waals surface area contributed by atoms with Crippen molar-refractivity contribution in [1.29, 1.82) is 0 Å². The summed E-state index contributed by atoms with van der Waals surface area (Å²) in [6, 6.07) is 8.83. The molecule has 0 radical (unpaired) electrons. The van der Waals surface area contributed by atoms with Crippen molar-refractivity contribution in [3.63, 3.8) is 0 Å². The fraction of sp³-hybridized carbons (Fsp3) is 0.500. The summed E-state index contributed by atoms with van der Waals surface area (Å²) >= 11 is 6.29. The van der Waals surface area contributed by atoms with E-state index in [2.05, 4.69) is 63.4 Å². The molecule has 1 aliphatic heterocycles. The van der Waals surface area contributed by atoms with Gasteiger partial charge in [-0.3, -0.25) is 14.1 Å². The minimum Gasteiger partial charge on any atom is -0.295 e. The number of rotatable bonds is 2. The van der Waals surface area contributed by atoms with Crippen LogP contribution in [0.15, 0.2) is 24.3 Å². The number of halogens is 1. The highest BCUT2D eigenvalue weighted by Gasteiger charge is 2.31. The lowest BCUT2D eigenvalue weighted by Gasteiger charge is -2.29. The van der Waals surface area contributed by atoms with Gasteiger partial charge in [-0.1, -0.05) is 11.6 Å². The van der Waals surface area contributed by atoms with Crippen LogP contribution in [0.25, 0.3) is 5.69 Å². The van der Waals surface area contributed by atoms with Gasteiger partial charge >= 0.3 is 0 Å². The van der Waals surface area contributed by atoms with Gasteiger partial charge in [-0.15, -0.1) is 10.2 Å². The molecule has 29 heavy (non-hydrogen) atoms. The monoisotopic (exact) mass is 410 g/mol. The topological polar surface area (TPSA) is 51.8 Å². The Kier molecular flexibility index (Phi) is 4.71. The molecule has 1 aliphatic carbocycles. The predicted octanol–water partition coefficient (Wildman–Crippen LogP) is 4.58. The molecule has 0 N–H and O–H groups in total. The summed E-state index contributed by atoms with van der Waals surface area (Å²) in [5.74, 6) is 2.55. The molecule has 2 aromatic heterocycles. The minimum absolute atomic E-state index is 0.427. The molecule has 1 aromatic carbocycles. The second-order valence-electron chi connectivity index (χ2n) is 8.63. The lowest BCUT2D eigenvalue weighted by Crippen LogP contribution is -2.21. The Morgan fingerprint density at radius 3 is 2.52 bits per heavy atom. The summed E-state index contributed by atoms with van der Waals surface area (Å²) in [7, 11) is 2.12. The summed E-state index contributed by atoms with van der Waals surface area (Å²) < 4.78 is 4.52. The van der Waals surface area contributed by atoms with Gasteiger partial charge in [0.1, 0.15) is 5.82 Å². The summed E-state index contributed by atoms with van der Waals surface area (Å²) in [5, 5.41) is 14.7. The second-order valence-corrected chi connectivity index (χ2v) is 9.07. The summed E-state index contributed by atoms with van der Waals surface area (Å²) in [6.07, 6.45) is 4.48. The van der Waals surface area contributed by atoms with Crippen molar-refractivity contribution >= 4 is 11.6 Å². The Labute approximate surface area is 176 Å². The molecular weight excluding hydrogens is 384 g/mol. The smallest absolute Gasteiger partial charge is 0.151 e. The van der Waals surface area contributed by atoms with Crippen molar-refractivity contribution in [2.75, 3.05) is 7.05 Å². The minimum atomic E-state index is 0.427. The van der Waals surface area contributed by atoms with E-state index >= 15 is 0 Å². The fourth-order valence-electron chi connectivity index (χ4n) is 5.04. The average molecular weight is 411 g/mol. The van der Waals surface area contributed by atoms with Crippen molar-refractivity contribution in [2.24, 2.45) is 0 Å². The van der Waals surface area contributed by atoms with Gasteiger partial charge in [-0.05, 0) is 76.4 Å². The number of aryl methyl sites for hydroxylation is 2. The van der Waals surface area contributed by atoms with Gasteiger partial charge in [0.25, 0.3) is 0 Å². The van der Waals surface area contributed by atoms with E-state index in [1.54, 1.807) is 0 Å². The molecule has 0 atom stereocenters. The van der Waals surface area contributed by atoms with E-state index in [9.17, 15) is 0 Å². The standard InChI is InChI=1S/C22H27ClN6/c1-14-10-15(2)29(26-14)19-7-4-16(5-8-19)22-25-24-21-13-27(3)12-17-11-18(23)6-9-20(17)28(21)22/h6,9-11,16,19H,4-5,7-8,12-13H2,1-3H3/t16-,19-. The van der Waals surface area contributed by atoms with Crippen LogP contribution in [0.3, 0.4) is 0 Å². The Morgan fingerprint density at radius 2 is 1.79 bits per heavy atom. The Morgan fingerprint density at radius 1 is 1.00 bits per heavy atom. The van der Waals surface area contributed by atoms with Gasteiger partial charge in [0, 0.05) is 23.2 Å². The highest BCUT2D eigenvalue weighted by atomic mass is 35.5. The molecule has 0 unspecified atom stereocenters. The molecule has 0 spiro atoms. The summed E-state index contributed by atoms with van der Waals surface area (Å²) in [6.45, 7) is 5.88. The lowest BCUT2D eigenvalue weighted by molar-refractivity contribution is 0.292. The molecule has 2 aliphatic rings. The first kappa shape index (κ1) is 18.8. The maximum atomic E-state index is 6.29. The van der Waals surface area contributed by atoms with E-state index in [-0.39, 0.29) is 0 Å². The highest BCUT2D eigenvalue weighted by molar-refractivity contribution is 6.30. The number of nitrogens with zero attached hydrogens (tertiary/aromatic N) is 6. The third kappa shape index (κ3) is 3.38. The molecule has 3 aromatic rings. The quantitative estimate of drug-likeness (QED) is 0.620. The molecule has 1 saturated carbocycles. The molecule has 6 nitrogen and oxygen atoms in total. The molecule has 1 fully saturated rings. The van der Waals surface area contributed by atoms with Crippen molar-refractivity contribution in [2.45, 2.75) is 64.6 Å². The van der Waals surface area contributed by atoms with Crippen LogP contribution < -0.4 is 0 Å². The van der Waals surface area contributed by atoms with Gasteiger partial charge in [-0.25, -0.2) is 0 Å². The molecule has 0 amide bonds. The average Bonchev–Trinajstić information content (AvgIpc) is 3.21. The van der Waals surface area contributed by atoms with Crippen LogP contribution in [0.2, 0.25) is 5.02 Å². The van der Waals surface area contributed by atoms with Crippen LogP contribution in [0.5, 0.6) is 0 Å². The Bertz CT molecular complexity index is 1040. The van der Waals surface area contributed by atoms with Crippen molar-refractivity contribution in [3.05, 3.63) is 57.9 Å². The normalized spacial score (nSPS) is 22.2. The van der Waals surface area contributed by atoms with Crippen LogP contribution in [0.1, 0.15) is 66.2 Å². The largest absolute Gasteiger partial charge is 0.295 e. The fourth-order valence-corrected chi connectivity index (χ4v) is 5.24. The third-order valence-electron chi connectivity index (χ3n) is 6.34. The van der Waals surface area contributed by atoms with Gasteiger partial charge in [-0.2, -0.15) is 5.10 Å².